The Kier molecular flexibility index (Phi) is 3.99. The maximum Gasteiger partial charge on any atom is 0.261 e. The minimum Gasteiger partial charge on any atom is -0.508 e. The SMILES string of the molecule is CCc1ccc(C(=O)NCc2ccccc2O)s1. The van der Waals surface area contributed by atoms with Gasteiger partial charge in [-0.05, 0) is 24.6 Å². The van der Waals surface area contributed by atoms with Gasteiger partial charge in [-0.2, -0.15) is 0 Å². The molecule has 0 bridgehead atoms. The van der Waals surface area contributed by atoms with Crippen LogP contribution in [0.25, 0.3) is 0 Å². The van der Waals surface area contributed by atoms with Gasteiger partial charge in [0.25, 0.3) is 5.91 Å². The normalized spacial score (nSPS) is 10.3. The first-order chi connectivity index (χ1) is 8.70. The third-order valence-electron chi connectivity index (χ3n) is 2.66. The van der Waals surface area contributed by atoms with Gasteiger partial charge in [-0.25, -0.2) is 0 Å². The van der Waals surface area contributed by atoms with Crippen molar-refractivity contribution >= 4 is 17.2 Å². The Morgan fingerprint density at radius 3 is 2.72 bits per heavy atom. The van der Waals surface area contributed by atoms with Crippen LogP contribution >= 0.6 is 11.3 Å². The van der Waals surface area contributed by atoms with Crippen molar-refractivity contribution in [1.29, 1.82) is 0 Å². The Hall–Kier alpha value is -1.81. The van der Waals surface area contributed by atoms with Crippen LogP contribution in [0.2, 0.25) is 0 Å². The van der Waals surface area contributed by atoms with Crippen LogP contribution in [0.4, 0.5) is 0 Å². The number of thiophene rings is 1. The van der Waals surface area contributed by atoms with Crippen LogP contribution < -0.4 is 5.32 Å². The molecule has 0 fully saturated rings. The van der Waals surface area contributed by atoms with Crippen molar-refractivity contribution < 1.29 is 9.90 Å². The van der Waals surface area contributed by atoms with Crippen molar-refractivity contribution in [2.75, 3.05) is 0 Å². The van der Waals surface area contributed by atoms with Gasteiger partial charge >= 0.3 is 0 Å². The molecule has 0 saturated carbocycles. The Morgan fingerprint density at radius 2 is 2.06 bits per heavy atom. The number of hydrogen-bond acceptors (Lipinski definition) is 3. The van der Waals surface area contributed by atoms with Gasteiger partial charge in [-0.1, -0.05) is 25.1 Å². The summed E-state index contributed by atoms with van der Waals surface area (Å²) in [6.45, 7) is 2.40. The molecule has 0 atom stereocenters. The zero-order valence-electron chi connectivity index (χ0n) is 10.1. The summed E-state index contributed by atoms with van der Waals surface area (Å²) in [5.41, 5.74) is 0.720. The zero-order valence-corrected chi connectivity index (χ0v) is 11.0. The van der Waals surface area contributed by atoms with E-state index in [2.05, 4.69) is 12.2 Å². The molecule has 0 radical (unpaired) electrons. The number of rotatable bonds is 4. The molecule has 1 aromatic carbocycles. The molecular weight excluding hydrogens is 246 g/mol. The Morgan fingerprint density at radius 1 is 1.28 bits per heavy atom. The summed E-state index contributed by atoms with van der Waals surface area (Å²) in [5, 5.41) is 12.4. The van der Waals surface area contributed by atoms with Crippen LogP contribution in [0.3, 0.4) is 0 Å². The number of benzene rings is 1. The number of para-hydroxylation sites is 1. The quantitative estimate of drug-likeness (QED) is 0.889. The van der Waals surface area contributed by atoms with Gasteiger partial charge in [0, 0.05) is 17.0 Å². The highest BCUT2D eigenvalue weighted by molar-refractivity contribution is 7.14. The molecule has 18 heavy (non-hydrogen) atoms. The Bertz CT molecular complexity index is 548. The van der Waals surface area contributed by atoms with Crippen LogP contribution in [0.1, 0.15) is 27.0 Å². The number of amides is 1. The molecule has 2 aromatic rings. The summed E-state index contributed by atoms with van der Waals surface area (Å²) in [6, 6.07) is 10.8. The lowest BCUT2D eigenvalue weighted by molar-refractivity contribution is 0.0955. The third-order valence-corrected chi connectivity index (χ3v) is 3.89. The van der Waals surface area contributed by atoms with Gasteiger partial charge in [-0.15, -0.1) is 11.3 Å². The molecule has 0 aliphatic rings. The lowest BCUT2D eigenvalue weighted by Gasteiger charge is -2.05. The van der Waals surface area contributed by atoms with E-state index in [0.29, 0.717) is 11.4 Å². The second-order valence-electron chi connectivity index (χ2n) is 3.93. The van der Waals surface area contributed by atoms with Gasteiger partial charge in [-0.3, -0.25) is 4.79 Å². The highest BCUT2D eigenvalue weighted by atomic mass is 32.1. The van der Waals surface area contributed by atoms with Crippen LogP contribution in [-0.2, 0) is 13.0 Å². The molecule has 0 spiro atoms. The Balaban J connectivity index is 1.98. The van der Waals surface area contributed by atoms with Gasteiger partial charge in [0.15, 0.2) is 0 Å². The summed E-state index contributed by atoms with van der Waals surface area (Å²) >= 11 is 1.51. The van der Waals surface area contributed by atoms with E-state index in [0.717, 1.165) is 12.0 Å². The van der Waals surface area contributed by atoms with Crippen LogP contribution in [0.5, 0.6) is 5.75 Å². The third kappa shape index (κ3) is 2.90. The minimum absolute atomic E-state index is 0.0945. The lowest BCUT2D eigenvalue weighted by Crippen LogP contribution is -2.21. The van der Waals surface area contributed by atoms with E-state index in [1.807, 2.05) is 18.2 Å². The van der Waals surface area contributed by atoms with Crippen molar-refractivity contribution in [2.45, 2.75) is 19.9 Å². The standard InChI is InChI=1S/C14H15NO2S/c1-2-11-7-8-13(18-11)14(17)15-9-10-5-3-4-6-12(10)16/h3-8,16H,2,9H2,1H3,(H,15,17). The molecule has 3 nitrogen and oxygen atoms in total. The van der Waals surface area contributed by atoms with Crippen molar-refractivity contribution in [3.05, 3.63) is 51.7 Å². The van der Waals surface area contributed by atoms with E-state index in [9.17, 15) is 9.90 Å². The fourth-order valence-corrected chi connectivity index (χ4v) is 2.48. The van der Waals surface area contributed by atoms with Gasteiger partial charge in [0.1, 0.15) is 5.75 Å². The molecule has 0 saturated heterocycles. The number of nitrogens with one attached hydrogen (secondary N) is 1. The van der Waals surface area contributed by atoms with Gasteiger partial charge in [0.05, 0.1) is 4.88 Å². The van der Waals surface area contributed by atoms with Crippen molar-refractivity contribution in [3.63, 3.8) is 0 Å². The summed E-state index contributed by atoms with van der Waals surface area (Å²) < 4.78 is 0. The van der Waals surface area contributed by atoms with Gasteiger partial charge in [0.2, 0.25) is 0 Å². The van der Waals surface area contributed by atoms with Gasteiger partial charge < -0.3 is 10.4 Å². The maximum atomic E-state index is 11.9. The number of carbonyl (C=O) groups is 1. The molecule has 2 N–H and O–H groups in total. The molecule has 94 valence electrons. The average molecular weight is 261 g/mol. The minimum atomic E-state index is -0.0945. The van der Waals surface area contributed by atoms with Crippen LogP contribution in [-0.4, -0.2) is 11.0 Å². The summed E-state index contributed by atoms with van der Waals surface area (Å²) in [7, 11) is 0. The predicted molar refractivity (Wildman–Crippen MR) is 73.0 cm³/mol. The topological polar surface area (TPSA) is 49.3 Å². The first-order valence-corrected chi connectivity index (χ1v) is 6.66. The first-order valence-electron chi connectivity index (χ1n) is 5.84. The van der Waals surface area contributed by atoms with E-state index in [4.69, 9.17) is 0 Å². The molecule has 1 amide bonds. The van der Waals surface area contributed by atoms with E-state index in [1.165, 1.54) is 16.2 Å². The molecule has 4 heteroatoms. The summed E-state index contributed by atoms with van der Waals surface area (Å²) in [5.74, 6) is 0.112. The number of carbonyl (C=O) groups excluding carboxylic acids is 1. The number of hydrogen-bond donors (Lipinski definition) is 2. The predicted octanol–water partition coefficient (Wildman–Crippen LogP) is 2.95. The molecule has 0 aliphatic carbocycles. The Labute approximate surface area is 110 Å². The van der Waals surface area contributed by atoms with Crippen molar-refractivity contribution in [1.82, 2.24) is 5.32 Å². The van der Waals surface area contributed by atoms with Crippen LogP contribution in [0, 0.1) is 0 Å². The first kappa shape index (κ1) is 12.6. The fraction of sp³-hybridized carbons (Fsp3) is 0.214. The number of phenols is 1. The molecule has 2 rings (SSSR count). The maximum absolute atomic E-state index is 11.9. The highest BCUT2D eigenvalue weighted by Crippen LogP contribution is 2.18. The zero-order chi connectivity index (χ0) is 13.0. The monoisotopic (exact) mass is 261 g/mol. The van der Waals surface area contributed by atoms with Crippen LogP contribution in [0.15, 0.2) is 36.4 Å². The van der Waals surface area contributed by atoms with E-state index < -0.39 is 0 Å². The number of aryl methyl sites for hydroxylation is 1. The second kappa shape index (κ2) is 5.69. The molecule has 0 aliphatic heterocycles. The second-order valence-corrected chi connectivity index (χ2v) is 5.10. The average Bonchev–Trinajstić information content (AvgIpc) is 2.86. The number of phenolic OH excluding ortho intramolecular Hbond substituents is 1. The van der Waals surface area contributed by atoms with E-state index in [-0.39, 0.29) is 11.7 Å². The van der Waals surface area contributed by atoms with E-state index in [1.54, 1.807) is 18.2 Å². The summed E-state index contributed by atoms with van der Waals surface area (Å²) in [4.78, 5) is 13.8. The fourth-order valence-electron chi connectivity index (χ4n) is 1.61. The van der Waals surface area contributed by atoms with Crippen molar-refractivity contribution in [3.8, 4) is 5.75 Å². The number of aromatic hydroxyl groups is 1. The summed E-state index contributed by atoms with van der Waals surface area (Å²) in [6.07, 6.45) is 0.942. The lowest BCUT2D eigenvalue weighted by atomic mass is 10.2. The largest absolute Gasteiger partial charge is 0.508 e. The molecular formula is C14H15NO2S. The smallest absolute Gasteiger partial charge is 0.261 e. The molecule has 0 unspecified atom stereocenters. The van der Waals surface area contributed by atoms with Crippen molar-refractivity contribution in [2.24, 2.45) is 0 Å². The molecule has 1 aromatic heterocycles. The van der Waals surface area contributed by atoms with E-state index >= 15 is 0 Å². The molecule has 1 heterocycles. The highest BCUT2D eigenvalue weighted by Gasteiger charge is 2.09.